The fourth-order valence-electron chi connectivity index (χ4n) is 3.14. The van der Waals surface area contributed by atoms with Crippen molar-refractivity contribution in [1.29, 1.82) is 0 Å². The van der Waals surface area contributed by atoms with Crippen LogP contribution in [0.25, 0.3) is 11.1 Å². The zero-order valence-electron chi connectivity index (χ0n) is 17.0. The van der Waals surface area contributed by atoms with Gasteiger partial charge in [-0.15, -0.1) is 11.3 Å². The molecule has 3 aromatic rings. The number of hydrogen-bond donors (Lipinski definition) is 1. The van der Waals surface area contributed by atoms with Gasteiger partial charge >= 0.3 is 5.97 Å². The number of carbonyl (C=O) groups is 2. The van der Waals surface area contributed by atoms with Crippen LogP contribution >= 0.6 is 22.9 Å². The van der Waals surface area contributed by atoms with Crippen LogP contribution < -0.4 is 5.32 Å². The largest absolute Gasteiger partial charge is 0.462 e. The third-order valence-corrected chi connectivity index (χ3v) is 5.79. The van der Waals surface area contributed by atoms with Gasteiger partial charge in [0.15, 0.2) is 0 Å². The van der Waals surface area contributed by atoms with Gasteiger partial charge in [0, 0.05) is 22.6 Å². The molecule has 1 amide bonds. The summed E-state index contributed by atoms with van der Waals surface area (Å²) in [5, 5.41) is 15.8. The van der Waals surface area contributed by atoms with Crippen LogP contribution in [0.15, 0.2) is 41.8 Å². The lowest BCUT2D eigenvalue weighted by atomic mass is 9.97. The molecule has 2 aromatic carbocycles. The van der Waals surface area contributed by atoms with Gasteiger partial charge in [-0.1, -0.05) is 35.4 Å². The van der Waals surface area contributed by atoms with Crippen molar-refractivity contribution in [2.75, 3.05) is 11.9 Å². The van der Waals surface area contributed by atoms with Crippen molar-refractivity contribution in [2.45, 2.75) is 20.8 Å². The van der Waals surface area contributed by atoms with Crippen LogP contribution in [0.2, 0.25) is 5.02 Å². The van der Waals surface area contributed by atoms with E-state index in [4.69, 9.17) is 16.3 Å². The quantitative estimate of drug-likeness (QED) is 0.276. The molecular formula is C22H19ClN2O5S. The normalized spacial score (nSPS) is 10.6. The van der Waals surface area contributed by atoms with Gasteiger partial charge in [0.25, 0.3) is 11.6 Å². The molecule has 1 N–H and O–H groups in total. The predicted molar refractivity (Wildman–Crippen MR) is 121 cm³/mol. The summed E-state index contributed by atoms with van der Waals surface area (Å²) in [6.45, 7) is 5.80. The summed E-state index contributed by atoms with van der Waals surface area (Å²) in [5.74, 6) is -1.16. The summed E-state index contributed by atoms with van der Waals surface area (Å²) >= 11 is 7.00. The van der Waals surface area contributed by atoms with Gasteiger partial charge < -0.3 is 10.1 Å². The summed E-state index contributed by atoms with van der Waals surface area (Å²) in [6.07, 6.45) is 0. The first-order chi connectivity index (χ1) is 14.7. The van der Waals surface area contributed by atoms with E-state index in [1.54, 1.807) is 12.3 Å². The smallest absolute Gasteiger partial charge is 0.341 e. The van der Waals surface area contributed by atoms with Gasteiger partial charge in [-0.2, -0.15) is 0 Å². The van der Waals surface area contributed by atoms with Crippen molar-refractivity contribution in [3.63, 3.8) is 0 Å². The van der Waals surface area contributed by atoms with E-state index in [-0.39, 0.29) is 28.4 Å². The van der Waals surface area contributed by atoms with Crippen LogP contribution in [-0.4, -0.2) is 23.4 Å². The Morgan fingerprint density at radius 2 is 1.90 bits per heavy atom. The zero-order chi connectivity index (χ0) is 22.7. The van der Waals surface area contributed by atoms with Gasteiger partial charge in [-0.05, 0) is 44.0 Å². The fraction of sp³-hybridized carbons (Fsp3) is 0.182. The van der Waals surface area contributed by atoms with Crippen molar-refractivity contribution in [3.8, 4) is 11.1 Å². The lowest BCUT2D eigenvalue weighted by Crippen LogP contribution is -2.15. The number of nitro benzene ring substituents is 1. The molecule has 0 saturated carbocycles. The van der Waals surface area contributed by atoms with E-state index in [0.29, 0.717) is 10.6 Å². The van der Waals surface area contributed by atoms with Gasteiger partial charge in [0.05, 0.1) is 11.5 Å². The van der Waals surface area contributed by atoms with E-state index in [1.807, 2.05) is 32.0 Å². The number of amides is 1. The summed E-state index contributed by atoms with van der Waals surface area (Å²) in [6, 6.07) is 9.64. The number of nitro groups is 1. The number of anilines is 1. The first-order valence-corrected chi connectivity index (χ1v) is 10.6. The second kappa shape index (κ2) is 9.28. The van der Waals surface area contributed by atoms with E-state index in [2.05, 4.69) is 5.32 Å². The molecule has 0 aliphatic heterocycles. The molecule has 0 aliphatic carbocycles. The monoisotopic (exact) mass is 458 g/mol. The second-order valence-corrected chi connectivity index (χ2v) is 8.06. The van der Waals surface area contributed by atoms with E-state index in [9.17, 15) is 19.7 Å². The van der Waals surface area contributed by atoms with Crippen molar-refractivity contribution in [2.24, 2.45) is 0 Å². The van der Waals surface area contributed by atoms with Crippen LogP contribution in [0.5, 0.6) is 0 Å². The van der Waals surface area contributed by atoms with Crippen LogP contribution in [0.3, 0.4) is 0 Å². The average molecular weight is 459 g/mol. The number of esters is 1. The van der Waals surface area contributed by atoms with E-state index in [1.165, 1.54) is 23.5 Å². The van der Waals surface area contributed by atoms with Crippen LogP contribution in [0, 0.1) is 24.0 Å². The molecule has 0 aliphatic rings. The van der Waals surface area contributed by atoms with Gasteiger partial charge in [-0.3, -0.25) is 14.9 Å². The molecule has 160 valence electrons. The Labute approximate surface area is 187 Å². The van der Waals surface area contributed by atoms with E-state index < -0.39 is 16.8 Å². The molecule has 0 bridgehead atoms. The molecule has 31 heavy (non-hydrogen) atoms. The number of nitrogens with one attached hydrogen (secondary N) is 1. The number of hydrogen-bond acceptors (Lipinski definition) is 6. The Balaban J connectivity index is 2.02. The minimum atomic E-state index is -0.660. The van der Waals surface area contributed by atoms with Crippen LogP contribution in [0.1, 0.15) is 38.8 Å². The first kappa shape index (κ1) is 22.5. The summed E-state index contributed by atoms with van der Waals surface area (Å²) in [4.78, 5) is 36.0. The number of rotatable bonds is 6. The Morgan fingerprint density at radius 1 is 1.16 bits per heavy atom. The molecule has 7 nitrogen and oxygen atoms in total. The molecule has 0 fully saturated rings. The Kier molecular flexibility index (Phi) is 6.72. The van der Waals surface area contributed by atoms with Crippen LogP contribution in [-0.2, 0) is 4.74 Å². The number of thiophene rings is 1. The highest BCUT2D eigenvalue weighted by atomic mass is 35.5. The Morgan fingerprint density at radius 3 is 2.55 bits per heavy atom. The zero-order valence-corrected chi connectivity index (χ0v) is 18.6. The van der Waals surface area contributed by atoms with Crippen LogP contribution in [0.4, 0.5) is 10.7 Å². The number of benzene rings is 2. The van der Waals surface area contributed by atoms with E-state index in [0.717, 1.165) is 22.8 Å². The fourth-order valence-corrected chi connectivity index (χ4v) is 4.27. The first-order valence-electron chi connectivity index (χ1n) is 9.34. The maximum atomic E-state index is 12.8. The third kappa shape index (κ3) is 4.76. The predicted octanol–water partition coefficient (Wildman–Crippen LogP) is 6.02. The summed E-state index contributed by atoms with van der Waals surface area (Å²) in [5.41, 5.74) is 3.50. The third-order valence-electron chi connectivity index (χ3n) is 4.57. The van der Waals surface area contributed by atoms with E-state index >= 15 is 0 Å². The molecule has 0 spiro atoms. The number of ether oxygens (including phenoxy) is 1. The number of aryl methyl sites for hydroxylation is 2. The van der Waals surface area contributed by atoms with Crippen molar-refractivity contribution in [3.05, 3.63) is 79.2 Å². The minimum Gasteiger partial charge on any atom is -0.462 e. The molecule has 0 saturated heterocycles. The number of nitrogens with zero attached hydrogens (tertiary/aromatic N) is 1. The molecule has 0 radical (unpaired) electrons. The summed E-state index contributed by atoms with van der Waals surface area (Å²) < 4.78 is 5.22. The highest BCUT2D eigenvalue weighted by Crippen LogP contribution is 2.38. The molecule has 3 rings (SSSR count). The maximum Gasteiger partial charge on any atom is 0.341 e. The average Bonchev–Trinajstić information content (AvgIpc) is 3.11. The molecule has 1 heterocycles. The minimum absolute atomic E-state index is 0.0485. The number of halogens is 1. The molecule has 1 aromatic heterocycles. The highest BCUT2D eigenvalue weighted by molar-refractivity contribution is 7.15. The van der Waals surface area contributed by atoms with Gasteiger partial charge in [0.2, 0.25) is 0 Å². The number of carbonyl (C=O) groups excluding carboxylic acids is 2. The SMILES string of the molecule is CCOC(=O)c1c(-c2ccc(C)cc2C)csc1NC(=O)c1ccc(Cl)c([N+](=O)[O-])c1. The maximum absolute atomic E-state index is 12.8. The lowest BCUT2D eigenvalue weighted by molar-refractivity contribution is -0.384. The van der Waals surface area contributed by atoms with Crippen molar-refractivity contribution in [1.82, 2.24) is 0 Å². The van der Waals surface area contributed by atoms with Gasteiger partial charge in [-0.25, -0.2) is 4.79 Å². The molecule has 0 atom stereocenters. The van der Waals surface area contributed by atoms with Gasteiger partial charge in [0.1, 0.15) is 15.6 Å². The van der Waals surface area contributed by atoms with Crippen molar-refractivity contribution >= 4 is 45.5 Å². The molecule has 9 heteroatoms. The molecular weight excluding hydrogens is 440 g/mol. The highest BCUT2D eigenvalue weighted by Gasteiger charge is 2.25. The second-order valence-electron chi connectivity index (χ2n) is 6.77. The topological polar surface area (TPSA) is 98.5 Å². The van der Waals surface area contributed by atoms with Crippen molar-refractivity contribution < 1.29 is 19.2 Å². The lowest BCUT2D eigenvalue weighted by Gasteiger charge is -2.11. The Bertz CT molecular complexity index is 1190. The molecule has 0 unspecified atom stereocenters. The standard InChI is InChI=1S/C22H19ClN2O5S/c1-4-30-22(27)19-16(15-7-5-12(2)9-13(15)3)11-31-21(19)24-20(26)14-6-8-17(23)18(10-14)25(28)29/h5-11H,4H2,1-3H3,(H,24,26). The Hall–Kier alpha value is -3.23. The summed E-state index contributed by atoms with van der Waals surface area (Å²) in [7, 11) is 0.